The summed E-state index contributed by atoms with van der Waals surface area (Å²) in [5.74, 6) is 2.35. The molecule has 1 aromatic carbocycles. The summed E-state index contributed by atoms with van der Waals surface area (Å²) in [6.45, 7) is 4.17. The van der Waals surface area contributed by atoms with E-state index in [0.29, 0.717) is 24.1 Å². The molecule has 0 spiro atoms. The number of nitrogens with one attached hydrogen (secondary N) is 2. The van der Waals surface area contributed by atoms with Crippen molar-refractivity contribution in [3.63, 3.8) is 0 Å². The Bertz CT molecular complexity index is 691. The predicted molar refractivity (Wildman–Crippen MR) is 111 cm³/mol. The summed E-state index contributed by atoms with van der Waals surface area (Å²) in [4.78, 5) is 4.21. The molecule has 2 N–H and O–H groups in total. The highest BCUT2D eigenvalue weighted by Gasteiger charge is 2.05. The van der Waals surface area contributed by atoms with Crippen LogP contribution in [0.1, 0.15) is 18.3 Å². The number of aliphatic imine (C=N–C) groups is 1. The molecule has 0 amide bonds. The van der Waals surface area contributed by atoms with Gasteiger partial charge in [0.15, 0.2) is 11.8 Å². The van der Waals surface area contributed by atoms with Crippen LogP contribution in [0.25, 0.3) is 0 Å². The number of benzene rings is 1. The normalized spacial score (nSPS) is 11.0. The molecule has 0 aliphatic rings. The van der Waals surface area contributed by atoms with Crippen LogP contribution >= 0.6 is 35.6 Å². The number of aromatic nitrogens is 3. The second-order valence-electron chi connectivity index (χ2n) is 5.09. The van der Waals surface area contributed by atoms with E-state index in [1.54, 1.807) is 20.5 Å². The third-order valence-corrected chi connectivity index (χ3v) is 3.97. The Kier molecular flexibility index (Phi) is 9.58. The fourth-order valence-electron chi connectivity index (χ4n) is 2.24. The maximum atomic E-state index is 6.25. The van der Waals surface area contributed by atoms with Crippen LogP contribution in [0.5, 0.6) is 5.75 Å². The van der Waals surface area contributed by atoms with E-state index in [1.165, 1.54) is 0 Å². The van der Waals surface area contributed by atoms with E-state index in [-0.39, 0.29) is 24.0 Å². The van der Waals surface area contributed by atoms with Crippen molar-refractivity contribution in [1.29, 1.82) is 0 Å². The van der Waals surface area contributed by atoms with Crippen molar-refractivity contribution in [1.82, 2.24) is 25.4 Å². The smallest absolute Gasteiger partial charge is 0.191 e. The van der Waals surface area contributed by atoms with E-state index < -0.39 is 0 Å². The van der Waals surface area contributed by atoms with Crippen molar-refractivity contribution in [2.24, 2.45) is 4.99 Å². The van der Waals surface area contributed by atoms with Gasteiger partial charge in [0.05, 0.1) is 13.7 Å². The second kappa shape index (κ2) is 11.1. The van der Waals surface area contributed by atoms with E-state index in [0.717, 1.165) is 30.1 Å². The number of nitrogens with zero attached hydrogens (tertiary/aromatic N) is 4. The molecule has 1 heterocycles. The van der Waals surface area contributed by atoms with Gasteiger partial charge >= 0.3 is 0 Å². The van der Waals surface area contributed by atoms with Gasteiger partial charge in [0.25, 0.3) is 0 Å². The first kappa shape index (κ1) is 21.5. The molecule has 0 bridgehead atoms. The Hall–Kier alpha value is -1.55. The number of methoxy groups -OCH3 is 1. The average Bonchev–Trinajstić information content (AvgIpc) is 3.06. The minimum Gasteiger partial charge on any atom is -0.497 e. The van der Waals surface area contributed by atoms with Crippen LogP contribution in [-0.2, 0) is 19.5 Å². The molecule has 2 rings (SSSR count). The van der Waals surface area contributed by atoms with Crippen LogP contribution in [0.3, 0.4) is 0 Å². The van der Waals surface area contributed by atoms with Crippen LogP contribution in [0.4, 0.5) is 0 Å². The average molecular weight is 479 g/mol. The molecule has 1 aromatic heterocycles. The maximum Gasteiger partial charge on any atom is 0.191 e. The highest BCUT2D eigenvalue weighted by Crippen LogP contribution is 2.22. The summed E-state index contributed by atoms with van der Waals surface area (Å²) in [6, 6.07) is 5.70. The molecule has 0 saturated heterocycles. The van der Waals surface area contributed by atoms with Gasteiger partial charge in [-0.15, -0.1) is 34.2 Å². The quantitative estimate of drug-likeness (QED) is 0.363. The minimum absolute atomic E-state index is 0. The topological polar surface area (TPSA) is 76.4 Å². The third-order valence-electron chi connectivity index (χ3n) is 3.62. The van der Waals surface area contributed by atoms with Gasteiger partial charge in [-0.25, -0.2) is 0 Å². The largest absolute Gasteiger partial charge is 0.497 e. The predicted octanol–water partition coefficient (Wildman–Crippen LogP) is 2.49. The lowest BCUT2D eigenvalue weighted by Crippen LogP contribution is -2.38. The number of halogens is 2. The molecular formula is C16H24ClIN6O. The number of hydrogen-bond donors (Lipinski definition) is 2. The molecule has 0 saturated carbocycles. The lowest BCUT2D eigenvalue weighted by atomic mass is 10.1. The van der Waals surface area contributed by atoms with Crippen LogP contribution in [0.15, 0.2) is 29.5 Å². The summed E-state index contributed by atoms with van der Waals surface area (Å²) in [5.41, 5.74) is 1.06. The molecule has 0 fully saturated rings. The zero-order valence-corrected chi connectivity index (χ0v) is 17.7. The molecular weight excluding hydrogens is 455 g/mol. The lowest BCUT2D eigenvalue weighted by molar-refractivity contribution is 0.414. The van der Waals surface area contributed by atoms with Crippen molar-refractivity contribution < 1.29 is 4.74 Å². The molecule has 9 heteroatoms. The van der Waals surface area contributed by atoms with Gasteiger partial charge in [-0.05, 0) is 31.0 Å². The Morgan fingerprint density at radius 1 is 1.36 bits per heavy atom. The van der Waals surface area contributed by atoms with Gasteiger partial charge in [0.1, 0.15) is 12.1 Å². The highest BCUT2D eigenvalue weighted by molar-refractivity contribution is 14.0. The molecule has 7 nitrogen and oxygen atoms in total. The van der Waals surface area contributed by atoms with Crippen LogP contribution in [-0.4, -0.2) is 41.4 Å². The molecule has 0 atom stereocenters. The number of aryl methyl sites for hydroxylation is 1. The monoisotopic (exact) mass is 478 g/mol. The first-order valence-electron chi connectivity index (χ1n) is 7.81. The Balaban J connectivity index is 0.00000312. The number of hydrogen-bond acceptors (Lipinski definition) is 4. The minimum atomic E-state index is 0. The summed E-state index contributed by atoms with van der Waals surface area (Å²) in [6.07, 6.45) is 2.51. The van der Waals surface area contributed by atoms with Crippen LogP contribution in [0, 0.1) is 0 Å². The van der Waals surface area contributed by atoms with E-state index >= 15 is 0 Å². The standard InChI is InChI=1S/C16H23ClN6O.HI/c1-4-23-11-21-22-15(23)10-20-16(18-2)19-8-7-12-5-6-13(24-3)9-14(12)17;/h5-6,9,11H,4,7-8,10H2,1-3H3,(H2,18,19,20);1H. The molecule has 138 valence electrons. The van der Waals surface area contributed by atoms with Crippen LogP contribution in [0.2, 0.25) is 5.02 Å². The highest BCUT2D eigenvalue weighted by atomic mass is 127. The molecule has 0 unspecified atom stereocenters. The fourth-order valence-corrected chi connectivity index (χ4v) is 2.50. The Morgan fingerprint density at radius 2 is 2.16 bits per heavy atom. The zero-order valence-electron chi connectivity index (χ0n) is 14.6. The number of rotatable bonds is 7. The van der Waals surface area contributed by atoms with E-state index in [4.69, 9.17) is 16.3 Å². The summed E-state index contributed by atoms with van der Waals surface area (Å²) in [7, 11) is 3.36. The SMILES string of the molecule is CCn1cnnc1CNC(=NC)NCCc1ccc(OC)cc1Cl.I. The van der Waals surface area contributed by atoms with E-state index in [9.17, 15) is 0 Å². The first-order valence-corrected chi connectivity index (χ1v) is 8.19. The van der Waals surface area contributed by atoms with Gasteiger partial charge in [0.2, 0.25) is 0 Å². The maximum absolute atomic E-state index is 6.25. The third kappa shape index (κ3) is 6.35. The Labute approximate surface area is 170 Å². The van der Waals surface area contributed by atoms with Crippen molar-refractivity contribution >= 4 is 41.5 Å². The van der Waals surface area contributed by atoms with Crippen molar-refractivity contribution in [3.05, 3.63) is 40.9 Å². The second-order valence-corrected chi connectivity index (χ2v) is 5.50. The Morgan fingerprint density at radius 3 is 2.80 bits per heavy atom. The van der Waals surface area contributed by atoms with Crippen LogP contribution < -0.4 is 15.4 Å². The van der Waals surface area contributed by atoms with Crippen molar-refractivity contribution in [3.8, 4) is 5.75 Å². The fraction of sp³-hybridized carbons (Fsp3) is 0.438. The summed E-state index contributed by atoms with van der Waals surface area (Å²) < 4.78 is 7.14. The summed E-state index contributed by atoms with van der Waals surface area (Å²) in [5, 5.41) is 15.2. The number of guanidine groups is 1. The molecule has 0 aliphatic heterocycles. The van der Waals surface area contributed by atoms with Gasteiger partial charge < -0.3 is 19.9 Å². The van der Waals surface area contributed by atoms with Crippen molar-refractivity contribution in [2.75, 3.05) is 20.7 Å². The first-order chi connectivity index (χ1) is 11.7. The molecule has 25 heavy (non-hydrogen) atoms. The molecule has 0 aliphatic carbocycles. The molecule has 0 radical (unpaired) electrons. The molecule has 2 aromatic rings. The summed E-state index contributed by atoms with van der Waals surface area (Å²) >= 11 is 6.25. The van der Waals surface area contributed by atoms with Gasteiger partial charge in [-0.1, -0.05) is 17.7 Å². The van der Waals surface area contributed by atoms with E-state index in [1.807, 2.05) is 22.8 Å². The zero-order chi connectivity index (χ0) is 17.4. The van der Waals surface area contributed by atoms with E-state index in [2.05, 4.69) is 32.7 Å². The van der Waals surface area contributed by atoms with Gasteiger partial charge in [0, 0.05) is 25.2 Å². The lowest BCUT2D eigenvalue weighted by Gasteiger charge is -2.12. The number of ether oxygens (including phenoxy) is 1. The van der Waals surface area contributed by atoms with Gasteiger partial charge in [-0.2, -0.15) is 0 Å². The van der Waals surface area contributed by atoms with Gasteiger partial charge in [-0.3, -0.25) is 4.99 Å². The van der Waals surface area contributed by atoms with Crippen molar-refractivity contribution in [2.45, 2.75) is 26.4 Å².